The lowest BCUT2D eigenvalue weighted by atomic mass is 9.47. The summed E-state index contributed by atoms with van der Waals surface area (Å²) in [5.41, 5.74) is 2.75. The van der Waals surface area contributed by atoms with E-state index in [9.17, 15) is 0 Å². The maximum atomic E-state index is 5.76. The summed E-state index contributed by atoms with van der Waals surface area (Å²) in [7, 11) is 1.91. The fraction of sp³-hybridized carbons (Fsp3) is 0.867. The zero-order chi connectivity index (χ0) is 22.4. The van der Waals surface area contributed by atoms with Crippen molar-refractivity contribution in [1.82, 2.24) is 0 Å². The van der Waals surface area contributed by atoms with Crippen LogP contribution in [0.2, 0.25) is 0 Å². The second-order valence-corrected chi connectivity index (χ2v) is 12.6. The maximum absolute atomic E-state index is 5.76. The van der Waals surface area contributed by atoms with E-state index in [1.807, 2.05) is 7.11 Å². The molecule has 0 N–H and O–H groups in total. The highest BCUT2D eigenvalue weighted by Gasteiger charge is 2.59. The zero-order valence-corrected chi connectivity index (χ0v) is 21.6. The first-order chi connectivity index (χ1) is 14.7. The van der Waals surface area contributed by atoms with E-state index in [2.05, 4.69) is 59.8 Å². The predicted octanol–water partition coefficient (Wildman–Crippen LogP) is 8.45. The standard InChI is InChI=1S/C30H50O/c1-8-22(20(2)3)10-9-21(4)26-13-14-27-25-12-11-23-19-24(31-7)15-17-29(23,5)28(25)16-18-30(26,27)6/h9-11,20-22,24-28H,8,12-19H2,1-7H3/b10-9+/t21-,22+,24+,25+,26-,27-,28-,29+,30-/m1/s1. The zero-order valence-electron chi connectivity index (χ0n) is 21.6. The van der Waals surface area contributed by atoms with Crippen molar-refractivity contribution < 1.29 is 4.74 Å². The minimum absolute atomic E-state index is 0.453. The number of hydrogen-bond donors (Lipinski definition) is 0. The smallest absolute Gasteiger partial charge is 0.0608 e. The second-order valence-electron chi connectivity index (χ2n) is 12.6. The van der Waals surface area contributed by atoms with Gasteiger partial charge in [0.15, 0.2) is 0 Å². The van der Waals surface area contributed by atoms with Crippen molar-refractivity contribution in [3.8, 4) is 0 Å². The van der Waals surface area contributed by atoms with Crippen LogP contribution < -0.4 is 0 Å². The van der Waals surface area contributed by atoms with Crippen LogP contribution in [-0.2, 0) is 4.74 Å². The first kappa shape index (κ1) is 23.6. The van der Waals surface area contributed by atoms with Crippen LogP contribution in [-0.4, -0.2) is 13.2 Å². The van der Waals surface area contributed by atoms with Crippen LogP contribution >= 0.6 is 0 Å². The van der Waals surface area contributed by atoms with Crippen molar-refractivity contribution in [3.63, 3.8) is 0 Å². The average molecular weight is 427 g/mol. The van der Waals surface area contributed by atoms with E-state index in [-0.39, 0.29) is 0 Å². The molecule has 4 rings (SSSR count). The summed E-state index contributed by atoms with van der Waals surface area (Å²) in [6.07, 6.45) is 20.6. The van der Waals surface area contributed by atoms with Gasteiger partial charge in [0.25, 0.3) is 0 Å². The van der Waals surface area contributed by atoms with Crippen LogP contribution in [0.25, 0.3) is 0 Å². The Kier molecular flexibility index (Phi) is 6.85. The molecule has 0 spiro atoms. The first-order valence-corrected chi connectivity index (χ1v) is 13.6. The molecule has 0 aromatic heterocycles. The van der Waals surface area contributed by atoms with Gasteiger partial charge in [0, 0.05) is 7.11 Å². The van der Waals surface area contributed by atoms with E-state index in [1.54, 1.807) is 5.57 Å². The molecular weight excluding hydrogens is 376 g/mol. The van der Waals surface area contributed by atoms with Crippen LogP contribution in [0.5, 0.6) is 0 Å². The molecule has 0 aromatic rings. The molecule has 3 saturated carbocycles. The summed E-state index contributed by atoms with van der Waals surface area (Å²) < 4.78 is 5.76. The third-order valence-corrected chi connectivity index (χ3v) is 11.1. The summed E-state index contributed by atoms with van der Waals surface area (Å²) in [6.45, 7) is 14.9. The Labute approximate surface area is 193 Å². The van der Waals surface area contributed by atoms with Crippen LogP contribution in [0.3, 0.4) is 0 Å². The fourth-order valence-corrected chi connectivity index (χ4v) is 9.01. The second kappa shape index (κ2) is 9.00. The molecule has 0 aliphatic heterocycles. The minimum atomic E-state index is 0.453. The van der Waals surface area contributed by atoms with E-state index in [0.29, 0.717) is 16.9 Å². The summed E-state index contributed by atoms with van der Waals surface area (Å²) >= 11 is 0. The molecule has 31 heavy (non-hydrogen) atoms. The van der Waals surface area contributed by atoms with Gasteiger partial charge in [-0.05, 0) is 110 Å². The SMILES string of the molecule is CC[C@@H](/C=C/[C@@H](C)[C@H]1CC[C@@H]2[C@@H]3CC=C4C[C@@H](OC)CC[C@]4(C)[C@@H]3CC[C@@]21C)C(C)C. The highest BCUT2D eigenvalue weighted by atomic mass is 16.5. The number of hydrogen-bond acceptors (Lipinski definition) is 1. The topological polar surface area (TPSA) is 9.23 Å². The normalized spacial score (nSPS) is 44.5. The average Bonchev–Trinajstić information content (AvgIpc) is 3.10. The van der Waals surface area contributed by atoms with Gasteiger partial charge in [0.2, 0.25) is 0 Å². The Balaban J connectivity index is 1.51. The fourth-order valence-electron chi connectivity index (χ4n) is 9.01. The largest absolute Gasteiger partial charge is 0.381 e. The number of allylic oxidation sites excluding steroid dienone is 3. The number of methoxy groups -OCH3 is 1. The molecule has 1 nitrogen and oxygen atoms in total. The lowest BCUT2D eigenvalue weighted by molar-refractivity contribution is -0.0572. The Morgan fingerprint density at radius 2 is 1.81 bits per heavy atom. The van der Waals surface area contributed by atoms with Gasteiger partial charge in [-0.3, -0.25) is 0 Å². The Bertz CT molecular complexity index is 689. The van der Waals surface area contributed by atoms with Crippen molar-refractivity contribution in [2.45, 2.75) is 105 Å². The molecule has 0 radical (unpaired) electrons. The highest BCUT2D eigenvalue weighted by molar-refractivity contribution is 5.25. The molecule has 0 unspecified atom stereocenters. The van der Waals surface area contributed by atoms with Gasteiger partial charge in [-0.1, -0.05) is 65.3 Å². The lowest BCUT2D eigenvalue weighted by Crippen LogP contribution is -2.50. The van der Waals surface area contributed by atoms with Crippen LogP contribution in [0.1, 0.15) is 99.3 Å². The molecule has 3 fully saturated rings. The molecule has 0 saturated heterocycles. The molecule has 0 heterocycles. The number of ether oxygens (including phenoxy) is 1. The van der Waals surface area contributed by atoms with Gasteiger partial charge in [0.1, 0.15) is 0 Å². The van der Waals surface area contributed by atoms with Gasteiger partial charge >= 0.3 is 0 Å². The minimum Gasteiger partial charge on any atom is -0.381 e. The highest BCUT2D eigenvalue weighted by Crippen LogP contribution is 2.67. The summed E-state index contributed by atoms with van der Waals surface area (Å²) in [6, 6.07) is 0. The number of rotatable bonds is 6. The Morgan fingerprint density at radius 3 is 2.48 bits per heavy atom. The molecule has 4 aliphatic carbocycles. The van der Waals surface area contributed by atoms with Crippen molar-refractivity contribution in [2.75, 3.05) is 7.11 Å². The molecule has 176 valence electrons. The van der Waals surface area contributed by atoms with Gasteiger partial charge in [-0.2, -0.15) is 0 Å². The molecule has 0 aromatic carbocycles. The molecular formula is C30H50O. The van der Waals surface area contributed by atoms with Gasteiger partial charge in [0.05, 0.1) is 6.10 Å². The molecule has 4 aliphatic rings. The van der Waals surface area contributed by atoms with Gasteiger partial charge in [-0.25, -0.2) is 0 Å². The van der Waals surface area contributed by atoms with Crippen LogP contribution in [0.4, 0.5) is 0 Å². The number of fused-ring (bicyclic) bond motifs is 5. The van der Waals surface area contributed by atoms with Crippen LogP contribution in [0.15, 0.2) is 23.8 Å². The molecule has 0 bridgehead atoms. The quantitative estimate of drug-likeness (QED) is 0.387. The van der Waals surface area contributed by atoms with Crippen molar-refractivity contribution in [2.24, 2.45) is 52.3 Å². The first-order valence-electron chi connectivity index (χ1n) is 13.6. The van der Waals surface area contributed by atoms with Crippen molar-refractivity contribution in [3.05, 3.63) is 23.8 Å². The van der Waals surface area contributed by atoms with Crippen LogP contribution in [0, 0.1) is 52.3 Å². The van der Waals surface area contributed by atoms with E-state index in [0.717, 1.165) is 41.4 Å². The maximum Gasteiger partial charge on any atom is 0.0608 e. The van der Waals surface area contributed by atoms with Crippen molar-refractivity contribution >= 4 is 0 Å². The predicted molar refractivity (Wildman–Crippen MR) is 133 cm³/mol. The lowest BCUT2D eigenvalue weighted by Gasteiger charge is -2.58. The van der Waals surface area contributed by atoms with Gasteiger partial charge < -0.3 is 4.74 Å². The van der Waals surface area contributed by atoms with E-state index < -0.39 is 0 Å². The monoisotopic (exact) mass is 426 g/mol. The van der Waals surface area contributed by atoms with Gasteiger partial charge in [-0.15, -0.1) is 0 Å². The summed E-state index contributed by atoms with van der Waals surface area (Å²) in [5.74, 6) is 5.88. The Morgan fingerprint density at radius 1 is 1.03 bits per heavy atom. The van der Waals surface area contributed by atoms with Crippen molar-refractivity contribution in [1.29, 1.82) is 0 Å². The third-order valence-electron chi connectivity index (χ3n) is 11.1. The van der Waals surface area contributed by atoms with E-state index in [4.69, 9.17) is 4.74 Å². The summed E-state index contributed by atoms with van der Waals surface area (Å²) in [5, 5.41) is 0. The van der Waals surface area contributed by atoms with E-state index in [1.165, 1.54) is 57.8 Å². The third kappa shape index (κ3) is 4.00. The molecule has 0 amide bonds. The Hall–Kier alpha value is -0.560. The van der Waals surface area contributed by atoms with E-state index >= 15 is 0 Å². The molecule has 1 heteroatoms. The summed E-state index contributed by atoms with van der Waals surface area (Å²) in [4.78, 5) is 0. The molecule has 9 atom stereocenters.